The number of hydrogen-bond acceptors (Lipinski definition) is 4. The van der Waals surface area contributed by atoms with Crippen molar-refractivity contribution in [3.05, 3.63) is 60.3 Å². The van der Waals surface area contributed by atoms with Gasteiger partial charge in [-0.05, 0) is 30.0 Å². The Bertz CT molecular complexity index is 778. The number of pyridine rings is 1. The molecule has 4 N–H and O–H groups in total. The Hall–Kier alpha value is -2.75. The Labute approximate surface area is 130 Å². The van der Waals surface area contributed by atoms with Crippen molar-refractivity contribution in [2.75, 3.05) is 29.5 Å². The Kier molecular flexibility index (Phi) is 4.10. The molecule has 0 saturated carbocycles. The second kappa shape index (κ2) is 6.35. The summed E-state index contributed by atoms with van der Waals surface area (Å²) in [7, 11) is 0. The molecular weight excluding hydrogens is 272 g/mol. The molecule has 22 heavy (non-hydrogen) atoms. The van der Waals surface area contributed by atoms with Crippen molar-refractivity contribution in [3.63, 3.8) is 0 Å². The van der Waals surface area contributed by atoms with Gasteiger partial charge in [0, 0.05) is 30.4 Å². The molecule has 0 aliphatic carbocycles. The maximum absolute atomic E-state index is 5.94. The number of nitrogens with one attached hydrogen (secondary N) is 2. The minimum absolute atomic E-state index is 0.685. The van der Waals surface area contributed by atoms with E-state index in [0.717, 1.165) is 30.2 Å². The van der Waals surface area contributed by atoms with Gasteiger partial charge >= 0.3 is 0 Å². The van der Waals surface area contributed by atoms with Crippen LogP contribution < -0.4 is 16.4 Å². The first-order valence-corrected chi connectivity index (χ1v) is 7.41. The first kappa shape index (κ1) is 14.2. The topological polar surface area (TPSA) is 63.0 Å². The zero-order chi connectivity index (χ0) is 15.4. The molecule has 112 valence electrons. The summed E-state index contributed by atoms with van der Waals surface area (Å²) in [6.45, 7) is 3.53. The second-order valence-corrected chi connectivity index (χ2v) is 5.33. The largest absolute Gasteiger partial charge is 0.396 e. The maximum Gasteiger partial charge on any atom is 0.149 e. The summed E-state index contributed by atoms with van der Waals surface area (Å²) in [5.41, 5.74) is 8.84. The number of aromatic nitrogens is 1. The fourth-order valence-corrected chi connectivity index (χ4v) is 2.50. The van der Waals surface area contributed by atoms with Crippen LogP contribution in [0, 0.1) is 6.92 Å². The van der Waals surface area contributed by atoms with Gasteiger partial charge in [-0.3, -0.25) is 0 Å². The summed E-state index contributed by atoms with van der Waals surface area (Å²) in [6, 6.07) is 16.6. The Morgan fingerprint density at radius 2 is 1.77 bits per heavy atom. The molecule has 1 heterocycles. The average molecular weight is 292 g/mol. The van der Waals surface area contributed by atoms with Gasteiger partial charge in [-0.25, -0.2) is 4.98 Å². The van der Waals surface area contributed by atoms with E-state index in [1.807, 2.05) is 19.2 Å². The number of aryl methyl sites for hydroxylation is 1. The second-order valence-electron chi connectivity index (χ2n) is 5.33. The minimum atomic E-state index is 0.685. The molecule has 4 nitrogen and oxygen atoms in total. The highest BCUT2D eigenvalue weighted by Gasteiger charge is 2.01. The van der Waals surface area contributed by atoms with E-state index in [-0.39, 0.29) is 0 Å². The van der Waals surface area contributed by atoms with Crippen LogP contribution in [-0.4, -0.2) is 18.1 Å². The van der Waals surface area contributed by atoms with E-state index in [1.54, 1.807) is 0 Å². The molecule has 0 unspecified atom stereocenters. The first-order valence-electron chi connectivity index (χ1n) is 7.41. The maximum atomic E-state index is 5.94. The van der Waals surface area contributed by atoms with E-state index in [9.17, 15) is 0 Å². The van der Waals surface area contributed by atoms with Gasteiger partial charge in [0.05, 0.1) is 5.69 Å². The number of nitrogen functional groups attached to an aromatic ring is 1. The van der Waals surface area contributed by atoms with Crippen LogP contribution in [0.5, 0.6) is 0 Å². The minimum Gasteiger partial charge on any atom is -0.396 e. The number of benzene rings is 2. The van der Waals surface area contributed by atoms with Crippen LogP contribution in [0.25, 0.3) is 10.8 Å². The molecule has 4 heteroatoms. The number of rotatable bonds is 5. The molecule has 0 saturated heterocycles. The normalized spacial score (nSPS) is 10.6. The van der Waals surface area contributed by atoms with Crippen molar-refractivity contribution >= 4 is 28.0 Å². The van der Waals surface area contributed by atoms with E-state index >= 15 is 0 Å². The van der Waals surface area contributed by atoms with Gasteiger partial charge < -0.3 is 16.4 Å². The van der Waals surface area contributed by atoms with Crippen LogP contribution in [0.1, 0.15) is 5.56 Å². The molecule has 3 aromatic rings. The molecule has 2 aromatic carbocycles. The zero-order valence-electron chi connectivity index (χ0n) is 12.6. The van der Waals surface area contributed by atoms with Crippen molar-refractivity contribution in [1.29, 1.82) is 0 Å². The SMILES string of the molecule is Cc1cnc(NCCNc2cccc3ccccc23)c(N)c1. The molecule has 1 aromatic heterocycles. The van der Waals surface area contributed by atoms with Gasteiger partial charge in [0.1, 0.15) is 5.82 Å². The zero-order valence-corrected chi connectivity index (χ0v) is 12.6. The van der Waals surface area contributed by atoms with E-state index in [2.05, 4.69) is 58.1 Å². The van der Waals surface area contributed by atoms with Crippen LogP contribution in [-0.2, 0) is 0 Å². The van der Waals surface area contributed by atoms with E-state index in [4.69, 9.17) is 5.73 Å². The lowest BCUT2D eigenvalue weighted by molar-refractivity contribution is 1.06. The molecule has 0 fully saturated rings. The average Bonchev–Trinajstić information content (AvgIpc) is 2.53. The lowest BCUT2D eigenvalue weighted by atomic mass is 10.1. The quantitative estimate of drug-likeness (QED) is 0.628. The Morgan fingerprint density at radius 3 is 2.64 bits per heavy atom. The summed E-state index contributed by atoms with van der Waals surface area (Å²) in [6.07, 6.45) is 1.82. The summed E-state index contributed by atoms with van der Waals surface area (Å²) < 4.78 is 0. The molecular formula is C18H20N4. The summed E-state index contributed by atoms with van der Waals surface area (Å²) in [4.78, 5) is 4.31. The van der Waals surface area contributed by atoms with Crippen molar-refractivity contribution < 1.29 is 0 Å². The molecule has 0 atom stereocenters. The van der Waals surface area contributed by atoms with Crippen molar-refractivity contribution in [3.8, 4) is 0 Å². The van der Waals surface area contributed by atoms with Gasteiger partial charge in [-0.15, -0.1) is 0 Å². The van der Waals surface area contributed by atoms with Gasteiger partial charge in [0.15, 0.2) is 0 Å². The number of nitrogens with zero attached hydrogens (tertiary/aromatic N) is 1. The van der Waals surface area contributed by atoms with Crippen molar-refractivity contribution in [2.24, 2.45) is 0 Å². The standard InChI is InChI=1S/C18H20N4/c1-13-11-16(19)18(22-12-13)21-10-9-20-17-8-4-6-14-5-2-3-7-15(14)17/h2-8,11-12,20H,9-10,19H2,1H3,(H,21,22). The number of nitrogens with two attached hydrogens (primary N) is 1. The summed E-state index contributed by atoms with van der Waals surface area (Å²) in [5.74, 6) is 0.741. The molecule has 0 radical (unpaired) electrons. The fraction of sp³-hybridized carbons (Fsp3) is 0.167. The van der Waals surface area contributed by atoms with Crippen LogP contribution >= 0.6 is 0 Å². The van der Waals surface area contributed by atoms with Gasteiger partial charge in [-0.2, -0.15) is 0 Å². The third kappa shape index (κ3) is 3.11. The summed E-state index contributed by atoms with van der Waals surface area (Å²) >= 11 is 0. The molecule has 0 bridgehead atoms. The van der Waals surface area contributed by atoms with Gasteiger partial charge in [0.2, 0.25) is 0 Å². The predicted molar refractivity (Wildman–Crippen MR) is 94.3 cm³/mol. The lowest BCUT2D eigenvalue weighted by Crippen LogP contribution is -2.15. The molecule has 0 aliphatic heterocycles. The smallest absolute Gasteiger partial charge is 0.149 e. The monoisotopic (exact) mass is 292 g/mol. The highest BCUT2D eigenvalue weighted by molar-refractivity contribution is 5.93. The van der Waals surface area contributed by atoms with E-state index < -0.39 is 0 Å². The van der Waals surface area contributed by atoms with Crippen LogP contribution in [0.3, 0.4) is 0 Å². The third-order valence-electron chi connectivity index (χ3n) is 3.58. The van der Waals surface area contributed by atoms with Crippen molar-refractivity contribution in [2.45, 2.75) is 6.92 Å². The highest BCUT2D eigenvalue weighted by atomic mass is 15.0. The van der Waals surface area contributed by atoms with Crippen LogP contribution in [0.15, 0.2) is 54.7 Å². The summed E-state index contributed by atoms with van der Waals surface area (Å²) in [5, 5.41) is 9.19. The molecule has 0 spiro atoms. The van der Waals surface area contributed by atoms with Crippen molar-refractivity contribution in [1.82, 2.24) is 4.98 Å². The predicted octanol–water partition coefficient (Wildman–Crippen LogP) is 3.65. The number of hydrogen-bond donors (Lipinski definition) is 3. The lowest BCUT2D eigenvalue weighted by Gasteiger charge is -2.12. The third-order valence-corrected chi connectivity index (χ3v) is 3.58. The van der Waals surface area contributed by atoms with E-state index in [1.165, 1.54) is 10.8 Å². The molecule has 0 aliphatic rings. The Balaban J connectivity index is 1.61. The van der Waals surface area contributed by atoms with E-state index in [0.29, 0.717) is 5.69 Å². The number of anilines is 3. The fourth-order valence-electron chi connectivity index (χ4n) is 2.50. The first-order chi connectivity index (χ1) is 10.7. The van der Waals surface area contributed by atoms with Crippen LogP contribution in [0.4, 0.5) is 17.2 Å². The van der Waals surface area contributed by atoms with Gasteiger partial charge in [-0.1, -0.05) is 36.4 Å². The molecule has 3 rings (SSSR count). The highest BCUT2D eigenvalue weighted by Crippen LogP contribution is 2.22. The van der Waals surface area contributed by atoms with Gasteiger partial charge in [0.25, 0.3) is 0 Å². The Morgan fingerprint density at radius 1 is 1.00 bits per heavy atom. The number of fused-ring (bicyclic) bond motifs is 1. The molecule has 0 amide bonds. The van der Waals surface area contributed by atoms with Crippen LogP contribution in [0.2, 0.25) is 0 Å².